The zero-order chi connectivity index (χ0) is 24.2. The van der Waals surface area contributed by atoms with E-state index in [0.717, 1.165) is 16.9 Å². The van der Waals surface area contributed by atoms with Crippen LogP contribution < -0.4 is 10.1 Å². The Morgan fingerprint density at radius 3 is 2.47 bits per heavy atom. The van der Waals surface area contributed by atoms with Crippen LogP contribution in [-0.4, -0.2) is 67.4 Å². The van der Waals surface area contributed by atoms with Crippen molar-refractivity contribution in [3.05, 3.63) is 60.2 Å². The average Bonchev–Trinajstić information content (AvgIpc) is 3.33. The number of aromatic nitrogens is 2. The van der Waals surface area contributed by atoms with Gasteiger partial charge in [0, 0.05) is 32.2 Å². The number of benzene rings is 2. The molecule has 0 spiro atoms. The first-order valence-corrected chi connectivity index (χ1v) is 11.6. The fourth-order valence-corrected chi connectivity index (χ4v) is 3.79. The molecule has 0 fully saturated rings. The van der Waals surface area contributed by atoms with E-state index in [2.05, 4.69) is 15.5 Å². The topological polar surface area (TPSA) is 103 Å². The smallest absolute Gasteiger partial charge is 0.248 e. The molecule has 180 valence electrons. The molecule has 2 aromatic carbocycles. The lowest BCUT2D eigenvalue weighted by Crippen LogP contribution is -2.38. The Bertz CT molecular complexity index is 1040. The molecule has 0 radical (unpaired) electrons. The molecule has 9 nitrogen and oxygen atoms in total. The van der Waals surface area contributed by atoms with Crippen molar-refractivity contribution >= 4 is 28.3 Å². The van der Waals surface area contributed by atoms with E-state index in [1.165, 1.54) is 11.3 Å². The second-order valence-corrected chi connectivity index (χ2v) is 8.27. The van der Waals surface area contributed by atoms with Crippen LogP contribution in [0.4, 0.5) is 5.13 Å². The molecule has 0 atom stereocenters. The molecule has 0 aliphatic carbocycles. The molecule has 3 aromatic rings. The molecule has 0 saturated heterocycles. The van der Waals surface area contributed by atoms with Crippen molar-refractivity contribution < 1.29 is 23.8 Å². The Labute approximate surface area is 202 Å². The predicted octanol–water partition coefficient (Wildman–Crippen LogP) is 3.23. The van der Waals surface area contributed by atoms with E-state index >= 15 is 0 Å². The lowest BCUT2D eigenvalue weighted by Gasteiger charge is -2.22. The molecule has 0 saturated carbocycles. The molecule has 3 rings (SSSR count). The van der Waals surface area contributed by atoms with Gasteiger partial charge < -0.3 is 24.4 Å². The number of amides is 2. The van der Waals surface area contributed by atoms with Gasteiger partial charge in [-0.2, -0.15) is 0 Å². The molecule has 1 heterocycles. The van der Waals surface area contributed by atoms with Gasteiger partial charge in [-0.3, -0.25) is 9.59 Å². The summed E-state index contributed by atoms with van der Waals surface area (Å²) in [6.07, 6.45) is 0.117. The van der Waals surface area contributed by atoms with Crippen molar-refractivity contribution in [2.24, 2.45) is 0 Å². The number of carbonyl (C=O) groups is 2. The van der Waals surface area contributed by atoms with E-state index in [1.54, 1.807) is 19.1 Å². The Morgan fingerprint density at radius 1 is 1.00 bits per heavy atom. The molecule has 0 aliphatic rings. The van der Waals surface area contributed by atoms with Crippen molar-refractivity contribution in [2.45, 2.75) is 13.0 Å². The highest BCUT2D eigenvalue weighted by atomic mass is 32.1. The summed E-state index contributed by atoms with van der Waals surface area (Å²) in [6.45, 7) is 1.26. The van der Waals surface area contributed by atoms with Gasteiger partial charge in [0.15, 0.2) is 0 Å². The number of rotatable bonds is 13. The second-order valence-electron chi connectivity index (χ2n) is 7.29. The van der Waals surface area contributed by atoms with Crippen molar-refractivity contribution in [3.8, 4) is 16.3 Å². The van der Waals surface area contributed by atoms with Gasteiger partial charge in [-0.25, -0.2) is 0 Å². The van der Waals surface area contributed by atoms with E-state index in [4.69, 9.17) is 14.2 Å². The van der Waals surface area contributed by atoms with Crippen molar-refractivity contribution in [3.63, 3.8) is 0 Å². The van der Waals surface area contributed by atoms with Crippen LogP contribution in [-0.2, 0) is 25.7 Å². The van der Waals surface area contributed by atoms with Crippen LogP contribution in [0.1, 0.15) is 12.0 Å². The van der Waals surface area contributed by atoms with Gasteiger partial charge in [0.1, 0.15) is 17.4 Å². The minimum atomic E-state index is -0.252. The Morgan fingerprint density at radius 2 is 1.76 bits per heavy atom. The van der Waals surface area contributed by atoms with Gasteiger partial charge in [0.2, 0.25) is 16.9 Å². The maximum absolute atomic E-state index is 12.6. The third-order valence-electron chi connectivity index (χ3n) is 4.87. The van der Waals surface area contributed by atoms with Gasteiger partial charge in [-0.15, -0.1) is 10.2 Å². The van der Waals surface area contributed by atoms with Gasteiger partial charge in [-0.1, -0.05) is 41.7 Å². The average molecular weight is 485 g/mol. The Balaban J connectivity index is 1.48. The number of carbonyl (C=O) groups excluding carboxylic acids is 2. The van der Waals surface area contributed by atoms with Gasteiger partial charge in [-0.05, 0) is 29.8 Å². The SMILES string of the molecule is COCCN(CCC(=O)Nc1nnc(-c2ccc(OC)cc2)s1)C(=O)COCc1ccccc1. The van der Waals surface area contributed by atoms with Gasteiger partial charge >= 0.3 is 0 Å². The molecular weight excluding hydrogens is 456 g/mol. The standard InChI is InChI=1S/C24H28N4O5S/c1-31-15-14-28(22(30)17-33-16-18-6-4-3-5-7-18)13-12-21(29)25-24-27-26-23(34-24)19-8-10-20(32-2)11-9-19/h3-11H,12-17H2,1-2H3,(H,25,27,29). The molecule has 1 N–H and O–H groups in total. The summed E-state index contributed by atoms with van der Waals surface area (Å²) in [4.78, 5) is 26.6. The lowest BCUT2D eigenvalue weighted by atomic mass is 10.2. The second kappa shape index (κ2) is 13.4. The highest BCUT2D eigenvalue weighted by Gasteiger charge is 2.16. The van der Waals surface area contributed by atoms with Crippen LogP contribution in [0.25, 0.3) is 10.6 Å². The quantitative estimate of drug-likeness (QED) is 0.397. The molecule has 10 heteroatoms. The van der Waals surface area contributed by atoms with E-state index in [9.17, 15) is 9.59 Å². The minimum Gasteiger partial charge on any atom is -0.497 e. The number of nitrogens with one attached hydrogen (secondary N) is 1. The summed E-state index contributed by atoms with van der Waals surface area (Å²) in [6, 6.07) is 17.1. The van der Waals surface area contributed by atoms with Crippen LogP contribution in [0.5, 0.6) is 5.75 Å². The first-order valence-electron chi connectivity index (χ1n) is 10.7. The fourth-order valence-electron chi connectivity index (χ4n) is 3.03. The van der Waals surface area contributed by atoms with E-state index in [-0.39, 0.29) is 31.4 Å². The number of hydrogen-bond donors (Lipinski definition) is 1. The zero-order valence-corrected chi connectivity index (χ0v) is 20.0. The van der Waals surface area contributed by atoms with Crippen molar-refractivity contribution in [1.82, 2.24) is 15.1 Å². The number of anilines is 1. The van der Waals surface area contributed by atoms with Crippen LogP contribution >= 0.6 is 11.3 Å². The van der Waals surface area contributed by atoms with Crippen LogP contribution in [0.2, 0.25) is 0 Å². The Kier molecular flexibility index (Phi) is 9.96. The maximum atomic E-state index is 12.6. The van der Waals surface area contributed by atoms with Crippen molar-refractivity contribution in [2.75, 3.05) is 45.8 Å². The summed E-state index contributed by atoms with van der Waals surface area (Å²) in [5.41, 5.74) is 1.87. The Hall–Kier alpha value is -3.34. The summed E-state index contributed by atoms with van der Waals surface area (Å²) in [5.74, 6) is 0.302. The van der Waals surface area contributed by atoms with E-state index < -0.39 is 0 Å². The van der Waals surface area contributed by atoms with E-state index in [0.29, 0.717) is 29.9 Å². The summed E-state index contributed by atoms with van der Waals surface area (Å²) < 4.78 is 15.8. The first kappa shape index (κ1) is 25.3. The predicted molar refractivity (Wildman–Crippen MR) is 130 cm³/mol. The molecule has 0 unspecified atom stereocenters. The highest BCUT2D eigenvalue weighted by molar-refractivity contribution is 7.18. The minimum absolute atomic E-state index is 0.0676. The number of nitrogens with zero attached hydrogens (tertiary/aromatic N) is 3. The van der Waals surface area contributed by atoms with Gasteiger partial charge in [0.05, 0.1) is 20.3 Å². The largest absolute Gasteiger partial charge is 0.497 e. The summed E-state index contributed by atoms with van der Waals surface area (Å²) in [7, 11) is 3.17. The molecule has 34 heavy (non-hydrogen) atoms. The van der Waals surface area contributed by atoms with Crippen LogP contribution in [0.3, 0.4) is 0 Å². The molecule has 2 amide bonds. The number of methoxy groups -OCH3 is 2. The normalized spacial score (nSPS) is 10.6. The maximum Gasteiger partial charge on any atom is 0.248 e. The van der Waals surface area contributed by atoms with Gasteiger partial charge in [0.25, 0.3) is 0 Å². The fraction of sp³-hybridized carbons (Fsp3) is 0.333. The third kappa shape index (κ3) is 7.91. The number of hydrogen-bond acceptors (Lipinski definition) is 8. The molecule has 0 bridgehead atoms. The molecule has 1 aromatic heterocycles. The van der Waals surface area contributed by atoms with Crippen LogP contribution in [0, 0.1) is 0 Å². The summed E-state index contributed by atoms with van der Waals surface area (Å²) in [5, 5.41) is 12.0. The highest BCUT2D eigenvalue weighted by Crippen LogP contribution is 2.27. The van der Waals surface area contributed by atoms with Crippen molar-refractivity contribution in [1.29, 1.82) is 0 Å². The number of ether oxygens (including phenoxy) is 3. The third-order valence-corrected chi connectivity index (χ3v) is 5.76. The zero-order valence-electron chi connectivity index (χ0n) is 19.2. The van der Waals surface area contributed by atoms with Crippen LogP contribution in [0.15, 0.2) is 54.6 Å². The molecular formula is C24H28N4O5S. The first-order chi connectivity index (χ1) is 16.6. The van der Waals surface area contributed by atoms with E-state index in [1.807, 2.05) is 54.6 Å². The molecule has 0 aliphatic heterocycles. The lowest BCUT2D eigenvalue weighted by molar-refractivity contribution is -0.137. The summed E-state index contributed by atoms with van der Waals surface area (Å²) >= 11 is 1.28. The monoisotopic (exact) mass is 484 g/mol.